The number of rotatable bonds is 2. The Kier molecular flexibility index (Phi) is 3.89. The summed E-state index contributed by atoms with van der Waals surface area (Å²) in [6.45, 7) is 0. The van der Waals surface area contributed by atoms with Crippen LogP contribution in [0.5, 0.6) is 0 Å². The van der Waals surface area contributed by atoms with Gasteiger partial charge >= 0.3 is 5.97 Å². The Bertz CT molecular complexity index is 864. The first kappa shape index (κ1) is 15.7. The zero-order chi connectivity index (χ0) is 16.8. The van der Waals surface area contributed by atoms with E-state index in [4.69, 9.17) is 11.6 Å². The molecule has 3 atom stereocenters. The minimum absolute atomic E-state index is 0.0585. The number of nitrogens with one attached hydrogen (secondary N) is 1. The van der Waals surface area contributed by atoms with Crippen LogP contribution in [0, 0.1) is 5.92 Å². The lowest BCUT2D eigenvalue weighted by molar-refractivity contribution is 0.0695. The fourth-order valence-corrected chi connectivity index (χ4v) is 4.65. The minimum atomic E-state index is -0.914. The number of aromatic carboxylic acids is 1. The molecule has 0 saturated carbocycles. The third kappa shape index (κ3) is 2.36. The van der Waals surface area contributed by atoms with Gasteiger partial charge in [0.05, 0.1) is 22.3 Å². The van der Waals surface area contributed by atoms with Crippen molar-refractivity contribution < 1.29 is 9.90 Å². The van der Waals surface area contributed by atoms with Crippen LogP contribution in [-0.4, -0.2) is 11.1 Å². The summed E-state index contributed by atoms with van der Waals surface area (Å²) < 4.78 is 1.04. The maximum atomic E-state index is 11.7. The van der Waals surface area contributed by atoms with Crippen LogP contribution < -0.4 is 5.32 Å². The standard InChI is InChI=1S/C19H15BrClNO2/c20-14-7-2-1-4-12(14)17-11-6-3-5-10(11)16-13(19(23)24)8-9-15(21)18(16)22-17/h1-5,7-11,17,22H,6H2,(H,23,24)/t10?,11?,17-/m0/s1. The number of anilines is 1. The lowest BCUT2D eigenvalue weighted by Gasteiger charge is -2.39. The number of hydrogen-bond donors (Lipinski definition) is 2. The number of halogens is 2. The molecule has 0 saturated heterocycles. The van der Waals surface area contributed by atoms with Gasteiger partial charge in [0.25, 0.3) is 0 Å². The van der Waals surface area contributed by atoms with Crippen molar-refractivity contribution in [3.05, 3.63) is 74.7 Å². The molecule has 1 aliphatic heterocycles. The lowest BCUT2D eigenvalue weighted by atomic mass is 9.75. The van der Waals surface area contributed by atoms with Crippen LogP contribution in [0.4, 0.5) is 5.69 Å². The number of hydrogen-bond acceptors (Lipinski definition) is 2. The highest BCUT2D eigenvalue weighted by molar-refractivity contribution is 9.10. The van der Waals surface area contributed by atoms with Crippen LogP contribution in [0.3, 0.4) is 0 Å². The van der Waals surface area contributed by atoms with Gasteiger partial charge in [-0.3, -0.25) is 0 Å². The van der Waals surface area contributed by atoms with Gasteiger partial charge in [-0.25, -0.2) is 4.79 Å². The predicted molar refractivity (Wildman–Crippen MR) is 98.9 cm³/mol. The van der Waals surface area contributed by atoms with E-state index in [-0.39, 0.29) is 17.9 Å². The van der Waals surface area contributed by atoms with Gasteiger partial charge in [-0.15, -0.1) is 0 Å². The smallest absolute Gasteiger partial charge is 0.336 e. The summed E-state index contributed by atoms with van der Waals surface area (Å²) in [6, 6.07) is 11.5. The molecule has 0 bridgehead atoms. The van der Waals surface area contributed by atoms with Crippen LogP contribution in [-0.2, 0) is 0 Å². The summed E-state index contributed by atoms with van der Waals surface area (Å²) in [5.41, 5.74) is 3.04. The Morgan fingerprint density at radius 3 is 2.79 bits per heavy atom. The van der Waals surface area contributed by atoms with Crippen molar-refractivity contribution in [3.63, 3.8) is 0 Å². The van der Waals surface area contributed by atoms with Gasteiger partial charge in [0, 0.05) is 10.4 Å². The van der Waals surface area contributed by atoms with Crippen LogP contribution in [0.25, 0.3) is 0 Å². The average molecular weight is 405 g/mol. The van der Waals surface area contributed by atoms with E-state index in [1.165, 1.54) is 5.56 Å². The minimum Gasteiger partial charge on any atom is -0.478 e. The Hall–Kier alpha value is -1.78. The van der Waals surface area contributed by atoms with Crippen LogP contribution in [0.2, 0.25) is 5.02 Å². The molecular weight excluding hydrogens is 390 g/mol. The lowest BCUT2D eigenvalue weighted by Crippen LogP contribution is -2.30. The first-order chi connectivity index (χ1) is 11.6. The average Bonchev–Trinajstić information content (AvgIpc) is 3.05. The van der Waals surface area contributed by atoms with E-state index in [9.17, 15) is 9.90 Å². The summed E-state index contributed by atoms with van der Waals surface area (Å²) in [4.78, 5) is 11.7. The van der Waals surface area contributed by atoms with Crippen molar-refractivity contribution in [2.75, 3.05) is 5.32 Å². The topological polar surface area (TPSA) is 49.3 Å². The number of carboxylic acids is 1. The highest BCUT2D eigenvalue weighted by atomic mass is 79.9. The predicted octanol–water partition coefficient (Wildman–Crippen LogP) is 5.63. The van der Waals surface area contributed by atoms with E-state index in [1.54, 1.807) is 12.1 Å². The molecule has 5 heteroatoms. The van der Waals surface area contributed by atoms with Gasteiger partial charge < -0.3 is 10.4 Å². The summed E-state index contributed by atoms with van der Waals surface area (Å²) in [5.74, 6) is -0.584. The van der Waals surface area contributed by atoms with Gasteiger partial charge in [0.2, 0.25) is 0 Å². The van der Waals surface area contributed by atoms with E-state index in [0.717, 1.165) is 22.1 Å². The summed E-state index contributed by atoms with van der Waals surface area (Å²) in [5, 5.41) is 13.7. The Labute approximate surface area is 153 Å². The molecule has 4 rings (SSSR count). The van der Waals surface area contributed by atoms with E-state index in [2.05, 4.69) is 39.5 Å². The second kappa shape index (κ2) is 5.94. The fourth-order valence-electron chi connectivity index (χ4n) is 3.90. The first-order valence-electron chi connectivity index (χ1n) is 7.81. The van der Waals surface area contributed by atoms with Gasteiger partial charge in [-0.05, 0) is 41.7 Å². The first-order valence-corrected chi connectivity index (χ1v) is 8.98. The molecule has 24 heavy (non-hydrogen) atoms. The largest absolute Gasteiger partial charge is 0.478 e. The maximum Gasteiger partial charge on any atom is 0.336 e. The molecule has 1 heterocycles. The molecule has 2 N–H and O–H groups in total. The molecule has 2 aromatic carbocycles. The summed E-state index contributed by atoms with van der Waals surface area (Å²) >= 11 is 10.0. The molecule has 0 amide bonds. The molecule has 0 fully saturated rings. The molecule has 122 valence electrons. The van der Waals surface area contributed by atoms with Gasteiger partial charge in [0.1, 0.15) is 0 Å². The normalized spacial score (nSPS) is 24.2. The number of carbonyl (C=O) groups is 1. The number of allylic oxidation sites excluding steroid dienone is 2. The summed E-state index contributed by atoms with van der Waals surface area (Å²) in [7, 11) is 0. The van der Waals surface area contributed by atoms with E-state index >= 15 is 0 Å². The Morgan fingerprint density at radius 1 is 1.25 bits per heavy atom. The van der Waals surface area contributed by atoms with Crippen molar-refractivity contribution in [2.45, 2.75) is 18.4 Å². The number of fused-ring (bicyclic) bond motifs is 3. The molecule has 0 radical (unpaired) electrons. The second-order valence-electron chi connectivity index (χ2n) is 6.19. The third-order valence-corrected chi connectivity index (χ3v) is 5.98. The molecule has 2 unspecified atom stereocenters. The zero-order valence-electron chi connectivity index (χ0n) is 12.7. The number of carboxylic acid groups (broad SMARTS) is 1. The van der Waals surface area contributed by atoms with Gasteiger partial charge in [-0.1, -0.05) is 57.9 Å². The Morgan fingerprint density at radius 2 is 2.04 bits per heavy atom. The SMILES string of the molecule is O=C(O)c1ccc(Cl)c2c1C1C=CCC1[C@@H](c1ccccc1Br)N2. The van der Waals surface area contributed by atoms with Crippen molar-refractivity contribution in [1.82, 2.24) is 0 Å². The van der Waals surface area contributed by atoms with Crippen molar-refractivity contribution in [1.29, 1.82) is 0 Å². The molecule has 3 nitrogen and oxygen atoms in total. The van der Waals surface area contributed by atoms with Crippen LogP contribution in [0.1, 0.15) is 39.9 Å². The molecule has 0 spiro atoms. The quantitative estimate of drug-likeness (QED) is 0.638. The molecule has 0 aromatic heterocycles. The zero-order valence-corrected chi connectivity index (χ0v) is 15.0. The number of benzene rings is 2. The molecule has 2 aromatic rings. The fraction of sp³-hybridized carbons (Fsp3) is 0.211. The van der Waals surface area contributed by atoms with Crippen LogP contribution in [0.15, 0.2) is 53.0 Å². The third-order valence-electron chi connectivity index (χ3n) is 4.94. The highest BCUT2D eigenvalue weighted by Gasteiger charge is 2.41. The molecular formula is C19H15BrClNO2. The van der Waals surface area contributed by atoms with E-state index in [0.29, 0.717) is 10.6 Å². The monoisotopic (exact) mass is 403 g/mol. The molecule has 2 aliphatic rings. The van der Waals surface area contributed by atoms with E-state index < -0.39 is 5.97 Å². The second-order valence-corrected chi connectivity index (χ2v) is 7.45. The summed E-state index contributed by atoms with van der Waals surface area (Å²) in [6.07, 6.45) is 5.17. The molecule has 1 aliphatic carbocycles. The Balaban J connectivity index is 1.90. The van der Waals surface area contributed by atoms with Gasteiger partial charge in [0.15, 0.2) is 0 Å². The van der Waals surface area contributed by atoms with E-state index in [1.807, 2.05) is 18.2 Å². The van der Waals surface area contributed by atoms with Crippen molar-refractivity contribution >= 4 is 39.2 Å². The maximum absolute atomic E-state index is 11.7. The van der Waals surface area contributed by atoms with Crippen LogP contribution >= 0.6 is 27.5 Å². The van der Waals surface area contributed by atoms with Gasteiger partial charge in [-0.2, -0.15) is 0 Å². The van der Waals surface area contributed by atoms with Crippen molar-refractivity contribution in [2.24, 2.45) is 5.92 Å². The highest BCUT2D eigenvalue weighted by Crippen LogP contribution is 2.53. The van der Waals surface area contributed by atoms with Crippen molar-refractivity contribution in [3.8, 4) is 0 Å².